The van der Waals surface area contributed by atoms with Crippen LogP contribution in [-0.4, -0.2) is 13.1 Å². The summed E-state index contributed by atoms with van der Waals surface area (Å²) >= 11 is 0. The van der Waals surface area contributed by atoms with Crippen LogP contribution in [0.3, 0.4) is 0 Å². The van der Waals surface area contributed by atoms with Gasteiger partial charge in [0.15, 0.2) is 0 Å². The molecule has 0 spiro atoms. The Hall–Kier alpha value is 0.460. The van der Waals surface area contributed by atoms with Crippen LogP contribution >= 0.6 is 24.8 Å². The van der Waals surface area contributed by atoms with Crippen molar-refractivity contribution < 1.29 is 5.17 Å². The fourth-order valence-electron chi connectivity index (χ4n) is 0.565. The molecule has 1 atom stereocenters. The van der Waals surface area contributed by atoms with Crippen molar-refractivity contribution in [2.75, 3.05) is 13.1 Å². The minimum absolute atomic E-state index is 0. The van der Waals surface area contributed by atoms with E-state index in [2.05, 4.69) is 5.43 Å². The third kappa shape index (κ3) is 3.46. The summed E-state index contributed by atoms with van der Waals surface area (Å²) < 4.78 is 0. The zero-order valence-corrected chi connectivity index (χ0v) is 5.98. The van der Waals surface area contributed by atoms with Crippen LogP contribution in [0.5, 0.6) is 0 Å². The maximum atomic E-state index is 10.1. The average Bonchev–Trinajstić information content (AvgIpc) is 1.86. The molecule has 2 N–H and O–H groups in total. The molecule has 1 aliphatic heterocycles. The van der Waals surface area contributed by atoms with E-state index < -0.39 is 0 Å². The lowest BCUT2D eigenvalue weighted by Crippen LogP contribution is -3.11. The number of quaternary nitrogens is 1. The fourth-order valence-corrected chi connectivity index (χ4v) is 0.565. The van der Waals surface area contributed by atoms with Gasteiger partial charge in [0.1, 0.15) is 0 Å². The summed E-state index contributed by atoms with van der Waals surface area (Å²) in [6, 6.07) is 0. The Kier molecular flexibility index (Phi) is 7.89. The molecule has 3 nitrogen and oxygen atoms in total. The minimum atomic E-state index is 0. The molecule has 1 aliphatic rings. The number of hydroxylamine groups is 1. The van der Waals surface area contributed by atoms with Crippen molar-refractivity contribution >= 4 is 24.8 Å². The van der Waals surface area contributed by atoms with Gasteiger partial charge in [0.05, 0.1) is 13.1 Å². The zero-order valence-electron chi connectivity index (χ0n) is 4.35. The zero-order chi connectivity index (χ0) is 4.41. The molecule has 0 amide bonds. The van der Waals surface area contributed by atoms with Gasteiger partial charge in [0.25, 0.3) is 0 Å². The van der Waals surface area contributed by atoms with Gasteiger partial charge in [-0.1, -0.05) is 0 Å². The summed E-state index contributed by atoms with van der Waals surface area (Å²) in [7, 11) is 0. The first kappa shape index (κ1) is 11.3. The summed E-state index contributed by atoms with van der Waals surface area (Å²) in [5.74, 6) is 0. The van der Waals surface area contributed by atoms with Gasteiger partial charge in [-0.15, -0.1) is 24.8 Å². The van der Waals surface area contributed by atoms with E-state index in [1.165, 1.54) is 0 Å². The summed E-state index contributed by atoms with van der Waals surface area (Å²) in [5.41, 5.74) is 2.68. The third-order valence-electron chi connectivity index (χ3n) is 0.903. The van der Waals surface area contributed by atoms with Crippen LogP contribution in [0.4, 0.5) is 0 Å². The molecule has 5 heteroatoms. The monoisotopic (exact) mass is 160 g/mol. The third-order valence-corrected chi connectivity index (χ3v) is 0.903. The maximum Gasteiger partial charge on any atom is 0.0958 e. The van der Waals surface area contributed by atoms with E-state index in [4.69, 9.17) is 0 Å². The Bertz CT molecular complexity index is 48.5. The molecule has 0 aromatic carbocycles. The fraction of sp³-hybridized carbons (Fsp3) is 1.00. The molecule has 0 aliphatic carbocycles. The molecule has 0 aromatic heterocycles. The van der Waals surface area contributed by atoms with E-state index in [-0.39, 0.29) is 30.0 Å². The van der Waals surface area contributed by atoms with Gasteiger partial charge in [-0.2, -0.15) is 5.43 Å². The highest BCUT2D eigenvalue weighted by molar-refractivity contribution is 5.85. The Labute approximate surface area is 60.8 Å². The van der Waals surface area contributed by atoms with Crippen molar-refractivity contribution in [3.8, 4) is 0 Å². The second-order valence-corrected chi connectivity index (χ2v) is 1.45. The molecule has 0 radical (unpaired) electrons. The van der Waals surface area contributed by atoms with Gasteiger partial charge in [-0.25, -0.2) is 0 Å². The second kappa shape index (κ2) is 5.59. The van der Waals surface area contributed by atoms with Gasteiger partial charge in [0.2, 0.25) is 0 Å². The number of halogens is 2. The van der Waals surface area contributed by atoms with Gasteiger partial charge < -0.3 is 5.21 Å². The SMILES string of the molecule is Cl.Cl.[O-][NH+]1CCCN1. The molecule has 1 heterocycles. The second-order valence-electron chi connectivity index (χ2n) is 1.45. The number of hydrogen-bond acceptors (Lipinski definition) is 2. The van der Waals surface area contributed by atoms with E-state index >= 15 is 0 Å². The van der Waals surface area contributed by atoms with Crippen molar-refractivity contribution in [3.63, 3.8) is 0 Å². The topological polar surface area (TPSA) is 39.5 Å². The smallest absolute Gasteiger partial charge is 0.0958 e. The highest BCUT2D eigenvalue weighted by atomic mass is 35.5. The maximum absolute atomic E-state index is 10.1. The molecule has 52 valence electrons. The highest BCUT2D eigenvalue weighted by Crippen LogP contribution is 1.69. The number of hydrogen-bond donors (Lipinski definition) is 2. The molecule has 8 heavy (non-hydrogen) atoms. The van der Waals surface area contributed by atoms with E-state index in [0.29, 0.717) is 0 Å². The quantitative estimate of drug-likeness (QED) is 0.453. The first-order chi connectivity index (χ1) is 2.89. The van der Waals surface area contributed by atoms with Crippen LogP contribution in [0, 0.1) is 5.21 Å². The van der Waals surface area contributed by atoms with E-state index in [1.54, 1.807) is 0 Å². The van der Waals surface area contributed by atoms with Crippen LogP contribution in [-0.2, 0) is 0 Å². The molecule has 1 rings (SSSR count). The first-order valence-corrected chi connectivity index (χ1v) is 2.16. The van der Waals surface area contributed by atoms with Crippen molar-refractivity contribution in [2.45, 2.75) is 6.42 Å². The van der Waals surface area contributed by atoms with Crippen molar-refractivity contribution in [1.82, 2.24) is 5.43 Å². The van der Waals surface area contributed by atoms with Crippen LogP contribution in [0.15, 0.2) is 0 Å². The molecular weight excluding hydrogens is 151 g/mol. The highest BCUT2D eigenvalue weighted by Gasteiger charge is 2.02. The Morgan fingerprint density at radius 1 is 1.38 bits per heavy atom. The normalized spacial score (nSPS) is 25.9. The molecule has 1 fully saturated rings. The predicted octanol–water partition coefficient (Wildman–Crippen LogP) is -0.879. The summed E-state index contributed by atoms with van der Waals surface area (Å²) in [6.45, 7) is 1.62. The van der Waals surface area contributed by atoms with Gasteiger partial charge in [-0.3, -0.25) is 5.17 Å². The lowest BCUT2D eigenvalue weighted by atomic mass is 10.5. The van der Waals surface area contributed by atoms with Crippen LogP contribution in [0.25, 0.3) is 0 Å². The van der Waals surface area contributed by atoms with Crippen molar-refractivity contribution in [1.29, 1.82) is 0 Å². The van der Waals surface area contributed by atoms with Crippen LogP contribution < -0.4 is 10.6 Å². The molecule has 0 saturated carbocycles. The van der Waals surface area contributed by atoms with Crippen molar-refractivity contribution in [2.24, 2.45) is 0 Å². The molecule has 1 saturated heterocycles. The summed E-state index contributed by atoms with van der Waals surface area (Å²) in [4.78, 5) is 0. The Balaban J connectivity index is 0. The van der Waals surface area contributed by atoms with Crippen LogP contribution in [0.2, 0.25) is 0 Å². The van der Waals surface area contributed by atoms with E-state index in [1.807, 2.05) is 0 Å². The van der Waals surface area contributed by atoms with Gasteiger partial charge >= 0.3 is 0 Å². The van der Waals surface area contributed by atoms with Crippen LogP contribution in [0.1, 0.15) is 6.42 Å². The van der Waals surface area contributed by atoms with E-state index in [0.717, 1.165) is 19.5 Å². The lowest BCUT2D eigenvalue weighted by Gasteiger charge is -2.11. The van der Waals surface area contributed by atoms with Gasteiger partial charge in [0, 0.05) is 6.42 Å². The standard InChI is InChI=1S/C3H8N2O.2ClH/c6-5-3-1-2-4-5;;/h4-5H,1-3H2;2*1H. The largest absolute Gasteiger partial charge is 0.613 e. The molecule has 0 bridgehead atoms. The molecule has 1 unspecified atom stereocenters. The number of nitrogens with one attached hydrogen (secondary N) is 2. The summed E-state index contributed by atoms with van der Waals surface area (Å²) in [6.07, 6.45) is 1.03. The van der Waals surface area contributed by atoms with Gasteiger partial charge in [-0.05, 0) is 0 Å². The first-order valence-electron chi connectivity index (χ1n) is 2.16. The average molecular weight is 161 g/mol. The lowest BCUT2D eigenvalue weighted by molar-refractivity contribution is -0.881. The number of rotatable bonds is 0. The van der Waals surface area contributed by atoms with Crippen molar-refractivity contribution in [3.05, 3.63) is 5.21 Å². The molecule has 0 aromatic rings. The molecular formula is C3H10Cl2N2O. The Morgan fingerprint density at radius 3 is 2.12 bits per heavy atom. The minimum Gasteiger partial charge on any atom is -0.613 e. The van der Waals surface area contributed by atoms with E-state index in [9.17, 15) is 5.21 Å². The Morgan fingerprint density at radius 2 is 2.00 bits per heavy atom. The predicted molar refractivity (Wildman–Crippen MR) is 36.3 cm³/mol. The summed E-state index contributed by atoms with van der Waals surface area (Å²) in [5, 5.41) is 10.3.